The highest BCUT2D eigenvalue weighted by Crippen LogP contribution is 2.26. The molecule has 2 aromatic rings. The van der Waals surface area contributed by atoms with Gasteiger partial charge in [0.2, 0.25) is 0 Å². The number of carbonyl (C=O) groups is 1. The highest BCUT2D eigenvalue weighted by atomic mass is 32.1. The number of hydrogen-bond acceptors (Lipinski definition) is 4. The summed E-state index contributed by atoms with van der Waals surface area (Å²) in [4.78, 5) is 14.3. The number of ether oxygens (including phenoxy) is 1. The first-order valence-corrected chi connectivity index (χ1v) is 9.27. The maximum absolute atomic E-state index is 12.4. The number of H-pyrrole nitrogens is 1. The Morgan fingerprint density at radius 3 is 3.12 bits per heavy atom. The Kier molecular flexibility index (Phi) is 5.52. The van der Waals surface area contributed by atoms with Gasteiger partial charge in [0.1, 0.15) is 6.10 Å². The van der Waals surface area contributed by atoms with Gasteiger partial charge in [-0.05, 0) is 54.6 Å². The van der Waals surface area contributed by atoms with Gasteiger partial charge in [-0.3, -0.25) is 5.10 Å². The minimum atomic E-state index is -0.0284. The summed E-state index contributed by atoms with van der Waals surface area (Å²) in [5, 5.41) is 14.1. The second-order valence-electron chi connectivity index (χ2n) is 6.25. The topological polar surface area (TPSA) is 70.2 Å². The maximum Gasteiger partial charge on any atom is 0.317 e. The minimum absolute atomic E-state index is 0.00528. The van der Waals surface area contributed by atoms with Crippen LogP contribution in [0.15, 0.2) is 23.0 Å². The number of aromatic nitrogens is 2. The number of rotatable bonds is 5. The molecule has 0 radical (unpaired) electrons. The number of morpholine rings is 1. The number of amides is 2. The van der Waals surface area contributed by atoms with Crippen LogP contribution in [-0.2, 0) is 11.2 Å². The van der Waals surface area contributed by atoms with E-state index in [-0.39, 0.29) is 18.2 Å². The highest BCUT2D eigenvalue weighted by Gasteiger charge is 2.29. The number of hydrogen-bond donors (Lipinski definition) is 2. The van der Waals surface area contributed by atoms with Gasteiger partial charge < -0.3 is 15.0 Å². The summed E-state index contributed by atoms with van der Waals surface area (Å²) in [5.74, 6) is 0. The molecule has 0 spiro atoms. The summed E-state index contributed by atoms with van der Waals surface area (Å²) in [6.45, 7) is 5.93. The van der Waals surface area contributed by atoms with E-state index in [0.29, 0.717) is 19.6 Å². The third kappa shape index (κ3) is 4.15. The van der Waals surface area contributed by atoms with Crippen LogP contribution in [0.3, 0.4) is 0 Å². The first kappa shape index (κ1) is 17.0. The number of carbonyl (C=O) groups excluding carboxylic acids is 1. The van der Waals surface area contributed by atoms with E-state index in [2.05, 4.69) is 27.0 Å². The molecular formula is C17H24N4O2S. The van der Waals surface area contributed by atoms with Crippen LogP contribution in [0.1, 0.15) is 36.3 Å². The van der Waals surface area contributed by atoms with Crippen molar-refractivity contribution in [3.63, 3.8) is 0 Å². The lowest BCUT2D eigenvalue weighted by atomic mass is 10.1. The number of nitrogens with one attached hydrogen (secondary N) is 2. The normalized spacial score (nSPS) is 21.0. The predicted octanol–water partition coefficient (Wildman–Crippen LogP) is 2.88. The molecule has 3 heterocycles. The van der Waals surface area contributed by atoms with Crippen LogP contribution in [0.4, 0.5) is 4.79 Å². The molecule has 6 nitrogen and oxygen atoms in total. The van der Waals surface area contributed by atoms with E-state index in [1.54, 1.807) is 11.3 Å². The first-order chi connectivity index (χ1) is 11.6. The molecule has 3 rings (SSSR count). The van der Waals surface area contributed by atoms with Crippen molar-refractivity contribution >= 4 is 17.4 Å². The zero-order valence-corrected chi connectivity index (χ0v) is 14.9. The second kappa shape index (κ2) is 7.81. The van der Waals surface area contributed by atoms with Crippen LogP contribution in [-0.4, -0.2) is 46.9 Å². The largest absolute Gasteiger partial charge is 0.367 e. The zero-order valence-electron chi connectivity index (χ0n) is 14.1. The summed E-state index contributed by atoms with van der Waals surface area (Å²) in [5.41, 5.74) is 3.46. The van der Waals surface area contributed by atoms with Gasteiger partial charge in [-0.1, -0.05) is 0 Å². The molecule has 0 saturated carbocycles. The third-order valence-corrected chi connectivity index (χ3v) is 5.00. The molecule has 130 valence electrons. The Labute approximate surface area is 146 Å². The van der Waals surface area contributed by atoms with Gasteiger partial charge in [-0.15, -0.1) is 0 Å². The van der Waals surface area contributed by atoms with Crippen molar-refractivity contribution in [3.8, 4) is 0 Å². The summed E-state index contributed by atoms with van der Waals surface area (Å²) in [6.07, 6.45) is 3.69. The molecule has 24 heavy (non-hydrogen) atoms. The molecular weight excluding hydrogens is 324 g/mol. The molecule has 1 fully saturated rings. The average molecular weight is 348 g/mol. The van der Waals surface area contributed by atoms with Crippen molar-refractivity contribution in [2.45, 2.75) is 38.9 Å². The number of nitrogens with zero attached hydrogens (tertiary/aromatic N) is 2. The highest BCUT2D eigenvalue weighted by molar-refractivity contribution is 7.07. The van der Waals surface area contributed by atoms with Crippen LogP contribution in [0.25, 0.3) is 0 Å². The summed E-state index contributed by atoms with van der Waals surface area (Å²) in [7, 11) is 0. The van der Waals surface area contributed by atoms with E-state index in [4.69, 9.17) is 4.74 Å². The lowest BCUT2D eigenvalue weighted by molar-refractivity contribution is -0.0654. The van der Waals surface area contributed by atoms with Crippen molar-refractivity contribution in [1.29, 1.82) is 0 Å². The SMILES string of the molecule is Cc1[nH]ncc1CCCNC(=O)N1C[C@@H](C)O[C@H](c2ccsc2)C1. The fraction of sp³-hybridized carbons (Fsp3) is 0.529. The standard InChI is InChI=1S/C17H24N4O2S/c1-12-9-21(10-16(23-12)15-5-7-24-11-15)17(22)18-6-3-4-14-8-19-20-13(14)2/h5,7-8,11-12,16H,3-4,6,9-10H2,1-2H3,(H,18,22)(H,19,20)/t12-,16+/m1/s1. The van der Waals surface area contributed by atoms with Crippen LogP contribution >= 0.6 is 11.3 Å². The minimum Gasteiger partial charge on any atom is -0.367 e. The van der Waals surface area contributed by atoms with Gasteiger partial charge in [-0.25, -0.2) is 4.79 Å². The van der Waals surface area contributed by atoms with Gasteiger partial charge in [0, 0.05) is 18.8 Å². The van der Waals surface area contributed by atoms with E-state index in [0.717, 1.165) is 24.1 Å². The van der Waals surface area contributed by atoms with Crippen molar-refractivity contribution in [1.82, 2.24) is 20.4 Å². The number of thiophene rings is 1. The molecule has 2 N–H and O–H groups in total. The number of aryl methyl sites for hydroxylation is 2. The Hall–Kier alpha value is -1.86. The second-order valence-corrected chi connectivity index (χ2v) is 7.03. The maximum atomic E-state index is 12.4. The molecule has 1 saturated heterocycles. The smallest absolute Gasteiger partial charge is 0.317 e. The van der Waals surface area contributed by atoms with Gasteiger partial charge >= 0.3 is 6.03 Å². The Morgan fingerprint density at radius 2 is 2.42 bits per heavy atom. The van der Waals surface area contributed by atoms with Gasteiger partial charge in [0.25, 0.3) is 0 Å². The molecule has 2 amide bonds. The van der Waals surface area contributed by atoms with Gasteiger partial charge in [-0.2, -0.15) is 16.4 Å². The van der Waals surface area contributed by atoms with Gasteiger partial charge in [0.15, 0.2) is 0 Å². The number of aromatic amines is 1. The van der Waals surface area contributed by atoms with E-state index < -0.39 is 0 Å². The fourth-order valence-corrected chi connectivity index (χ4v) is 3.67. The van der Waals surface area contributed by atoms with Crippen LogP contribution in [0.2, 0.25) is 0 Å². The summed E-state index contributed by atoms with van der Waals surface area (Å²) >= 11 is 1.65. The van der Waals surface area contributed by atoms with Crippen molar-refractivity contribution in [2.24, 2.45) is 0 Å². The Bertz CT molecular complexity index is 655. The first-order valence-electron chi connectivity index (χ1n) is 8.32. The fourth-order valence-electron chi connectivity index (χ4n) is 2.97. The van der Waals surface area contributed by atoms with E-state index in [1.807, 2.05) is 30.3 Å². The number of urea groups is 1. The molecule has 0 aliphatic carbocycles. The zero-order chi connectivity index (χ0) is 16.9. The quantitative estimate of drug-likeness (QED) is 0.816. The molecule has 1 aliphatic heterocycles. The van der Waals surface area contributed by atoms with Crippen molar-refractivity contribution < 1.29 is 9.53 Å². The molecule has 7 heteroatoms. The lowest BCUT2D eigenvalue weighted by Crippen LogP contribution is -2.50. The lowest BCUT2D eigenvalue weighted by Gasteiger charge is -2.36. The Morgan fingerprint density at radius 1 is 1.54 bits per heavy atom. The Balaban J connectivity index is 1.46. The van der Waals surface area contributed by atoms with Gasteiger partial charge in [0.05, 0.1) is 18.8 Å². The summed E-state index contributed by atoms with van der Waals surface area (Å²) < 4.78 is 5.97. The van der Waals surface area contributed by atoms with Crippen LogP contribution in [0, 0.1) is 6.92 Å². The van der Waals surface area contributed by atoms with E-state index in [1.165, 1.54) is 5.56 Å². The van der Waals surface area contributed by atoms with E-state index in [9.17, 15) is 4.79 Å². The molecule has 2 aromatic heterocycles. The van der Waals surface area contributed by atoms with E-state index >= 15 is 0 Å². The molecule has 1 aliphatic rings. The monoisotopic (exact) mass is 348 g/mol. The average Bonchev–Trinajstić information content (AvgIpc) is 3.23. The predicted molar refractivity (Wildman–Crippen MR) is 94.2 cm³/mol. The summed E-state index contributed by atoms with van der Waals surface area (Å²) in [6, 6.07) is 2.06. The van der Waals surface area contributed by atoms with Crippen molar-refractivity contribution in [2.75, 3.05) is 19.6 Å². The molecule has 2 atom stereocenters. The van der Waals surface area contributed by atoms with Crippen LogP contribution in [0.5, 0.6) is 0 Å². The molecule has 0 aromatic carbocycles. The third-order valence-electron chi connectivity index (χ3n) is 4.30. The van der Waals surface area contributed by atoms with Crippen LogP contribution < -0.4 is 5.32 Å². The van der Waals surface area contributed by atoms with Crippen molar-refractivity contribution in [3.05, 3.63) is 39.8 Å². The molecule has 0 bridgehead atoms. The molecule has 0 unspecified atom stereocenters.